The fourth-order valence-electron chi connectivity index (χ4n) is 3.67. The number of nitrogens with two attached hydrogens (primary N) is 1. The van der Waals surface area contributed by atoms with Crippen molar-refractivity contribution in [3.8, 4) is 11.5 Å². The molecule has 3 N–H and O–H groups in total. The largest absolute Gasteiger partial charge is 0.481 e. The van der Waals surface area contributed by atoms with E-state index in [1.54, 1.807) is 24.3 Å². The van der Waals surface area contributed by atoms with E-state index in [-0.39, 0.29) is 25.3 Å². The van der Waals surface area contributed by atoms with Crippen LogP contribution in [0.25, 0.3) is 0 Å². The number of nitrogens with zero attached hydrogens (tertiary/aromatic N) is 1. The molecule has 0 heterocycles. The smallest absolute Gasteiger partial charge is 0.303 e. The highest BCUT2D eigenvalue weighted by atomic mass is 16.5. The fourth-order valence-corrected chi connectivity index (χ4v) is 3.67. The van der Waals surface area contributed by atoms with Crippen molar-refractivity contribution in [1.82, 2.24) is 4.90 Å². The number of rotatable bonds is 12. The Balaban J connectivity index is 1.76. The van der Waals surface area contributed by atoms with Crippen LogP contribution in [0.4, 0.5) is 0 Å². The number of hydrogen-bond acceptors (Lipinski definition) is 4. The average molecular weight is 461 g/mol. The summed E-state index contributed by atoms with van der Waals surface area (Å²) in [6.07, 6.45) is 0.998. The van der Waals surface area contributed by atoms with E-state index in [0.29, 0.717) is 29.9 Å². The molecule has 3 rings (SSSR count). The van der Waals surface area contributed by atoms with E-state index in [2.05, 4.69) is 0 Å². The van der Waals surface area contributed by atoms with Gasteiger partial charge in [0.2, 0.25) is 5.91 Å². The number of carbonyl (C=O) groups is 3. The number of carbonyl (C=O) groups excluding carboxylic acids is 2. The minimum atomic E-state index is -1.05. The lowest BCUT2D eigenvalue weighted by Gasteiger charge is -2.30. The Labute approximate surface area is 198 Å². The number of aryl methyl sites for hydroxylation is 1. The maximum absolute atomic E-state index is 13.4. The molecule has 0 bridgehead atoms. The van der Waals surface area contributed by atoms with E-state index in [1.807, 2.05) is 60.7 Å². The van der Waals surface area contributed by atoms with Crippen molar-refractivity contribution < 1.29 is 24.2 Å². The molecule has 1 atom stereocenters. The van der Waals surface area contributed by atoms with Crippen LogP contribution < -0.4 is 10.5 Å². The Morgan fingerprint density at radius 2 is 1.44 bits per heavy atom. The molecular weight excluding hydrogens is 432 g/mol. The first kappa shape index (κ1) is 24.5. The van der Waals surface area contributed by atoms with Gasteiger partial charge in [-0.25, -0.2) is 0 Å². The summed E-state index contributed by atoms with van der Waals surface area (Å²) in [6, 6.07) is 24.7. The zero-order valence-electron chi connectivity index (χ0n) is 18.8. The standard InChI is InChI=1S/C27H28N2O5/c28-26(32)24(17-18-25(30)31)29(19-7-10-20-8-3-1-4-9-20)27(33)21-13-15-23(16-14-21)34-22-11-5-2-6-12-22/h1-6,8-9,11-16,24H,7,10,17-19H2,(H2,28,32)(H,30,31)/t24-/m0/s1. The molecule has 7 heteroatoms. The maximum atomic E-state index is 13.4. The molecule has 0 spiro atoms. The van der Waals surface area contributed by atoms with Crippen molar-refractivity contribution in [3.05, 3.63) is 96.1 Å². The number of ether oxygens (including phenoxy) is 1. The van der Waals surface area contributed by atoms with Gasteiger partial charge in [-0.1, -0.05) is 48.5 Å². The quantitative estimate of drug-likeness (QED) is 0.419. The van der Waals surface area contributed by atoms with E-state index in [9.17, 15) is 14.4 Å². The fraction of sp³-hybridized carbons (Fsp3) is 0.222. The molecular formula is C27H28N2O5. The summed E-state index contributed by atoms with van der Waals surface area (Å²) in [5.74, 6) is -0.917. The second-order valence-corrected chi connectivity index (χ2v) is 7.88. The molecule has 0 aromatic heterocycles. The molecule has 0 radical (unpaired) electrons. The summed E-state index contributed by atoms with van der Waals surface area (Å²) in [5, 5.41) is 9.09. The van der Waals surface area contributed by atoms with Gasteiger partial charge in [0.05, 0.1) is 0 Å². The number of carboxylic acid groups (broad SMARTS) is 1. The summed E-state index contributed by atoms with van der Waals surface area (Å²) in [5.41, 5.74) is 7.06. The first-order valence-electron chi connectivity index (χ1n) is 11.1. The van der Waals surface area contributed by atoms with Gasteiger partial charge in [-0.3, -0.25) is 14.4 Å². The van der Waals surface area contributed by atoms with Crippen LogP contribution in [0.1, 0.15) is 35.2 Å². The van der Waals surface area contributed by atoms with Gasteiger partial charge >= 0.3 is 5.97 Å². The lowest BCUT2D eigenvalue weighted by Crippen LogP contribution is -2.48. The van der Waals surface area contributed by atoms with Crippen LogP contribution in [-0.2, 0) is 16.0 Å². The summed E-state index contributed by atoms with van der Waals surface area (Å²) >= 11 is 0. The van der Waals surface area contributed by atoms with Gasteiger partial charge < -0.3 is 20.5 Å². The van der Waals surface area contributed by atoms with E-state index >= 15 is 0 Å². The number of para-hydroxylation sites is 1. The van der Waals surface area contributed by atoms with E-state index in [1.165, 1.54) is 4.90 Å². The van der Waals surface area contributed by atoms with Crippen molar-refractivity contribution in [3.63, 3.8) is 0 Å². The molecule has 176 valence electrons. The SMILES string of the molecule is NC(=O)[C@H](CCC(=O)O)N(CCCc1ccccc1)C(=O)c1ccc(Oc2ccccc2)cc1. The molecule has 3 aromatic rings. The lowest BCUT2D eigenvalue weighted by atomic mass is 10.0. The summed E-state index contributed by atoms with van der Waals surface area (Å²) in [6.45, 7) is 0.267. The molecule has 0 aliphatic carbocycles. The lowest BCUT2D eigenvalue weighted by molar-refractivity contribution is -0.137. The number of carboxylic acids is 1. The van der Waals surface area contributed by atoms with Crippen LogP contribution in [0.3, 0.4) is 0 Å². The van der Waals surface area contributed by atoms with Gasteiger partial charge in [-0.05, 0) is 61.2 Å². The number of aliphatic carboxylic acids is 1. The Hall–Kier alpha value is -4.13. The number of benzene rings is 3. The van der Waals surface area contributed by atoms with Crippen molar-refractivity contribution in [1.29, 1.82) is 0 Å². The predicted octanol–water partition coefficient (Wildman–Crippen LogP) is 4.27. The van der Waals surface area contributed by atoms with Crippen molar-refractivity contribution in [2.75, 3.05) is 6.54 Å². The summed E-state index contributed by atoms with van der Waals surface area (Å²) in [4.78, 5) is 38.1. The number of hydrogen-bond donors (Lipinski definition) is 2. The third-order valence-corrected chi connectivity index (χ3v) is 5.38. The summed E-state index contributed by atoms with van der Waals surface area (Å²) in [7, 11) is 0. The van der Waals surface area contributed by atoms with E-state index in [4.69, 9.17) is 15.6 Å². The molecule has 34 heavy (non-hydrogen) atoms. The topological polar surface area (TPSA) is 110 Å². The van der Waals surface area contributed by atoms with Gasteiger partial charge in [0.25, 0.3) is 5.91 Å². The van der Waals surface area contributed by atoms with Crippen molar-refractivity contribution >= 4 is 17.8 Å². The number of primary amides is 1. The zero-order valence-corrected chi connectivity index (χ0v) is 18.8. The predicted molar refractivity (Wildman–Crippen MR) is 129 cm³/mol. The van der Waals surface area contributed by atoms with Gasteiger partial charge in [-0.15, -0.1) is 0 Å². The average Bonchev–Trinajstić information content (AvgIpc) is 2.84. The van der Waals surface area contributed by atoms with Gasteiger partial charge in [0.15, 0.2) is 0 Å². The summed E-state index contributed by atoms with van der Waals surface area (Å²) < 4.78 is 5.77. The molecule has 0 saturated heterocycles. The third-order valence-electron chi connectivity index (χ3n) is 5.38. The Morgan fingerprint density at radius 3 is 2.03 bits per heavy atom. The number of amides is 2. The Bertz CT molecular complexity index is 1090. The van der Waals surface area contributed by atoms with Gasteiger partial charge in [0, 0.05) is 18.5 Å². The van der Waals surface area contributed by atoms with Crippen LogP contribution >= 0.6 is 0 Å². The minimum absolute atomic E-state index is 0.0447. The van der Waals surface area contributed by atoms with Gasteiger partial charge in [-0.2, -0.15) is 0 Å². The van der Waals surface area contributed by atoms with E-state index in [0.717, 1.165) is 5.56 Å². The van der Waals surface area contributed by atoms with Crippen LogP contribution in [0.2, 0.25) is 0 Å². The molecule has 0 aliphatic rings. The highest BCUT2D eigenvalue weighted by Gasteiger charge is 2.29. The monoisotopic (exact) mass is 460 g/mol. The second kappa shape index (κ2) is 12.2. The Kier molecular flexibility index (Phi) is 8.80. The highest BCUT2D eigenvalue weighted by Crippen LogP contribution is 2.22. The first-order valence-corrected chi connectivity index (χ1v) is 11.1. The molecule has 0 unspecified atom stereocenters. The zero-order chi connectivity index (χ0) is 24.3. The van der Waals surface area contributed by atoms with Crippen LogP contribution in [0.5, 0.6) is 11.5 Å². The van der Waals surface area contributed by atoms with Crippen molar-refractivity contribution in [2.45, 2.75) is 31.7 Å². The third kappa shape index (κ3) is 7.20. The molecule has 7 nitrogen and oxygen atoms in total. The molecule has 0 aliphatic heterocycles. The van der Waals surface area contributed by atoms with E-state index < -0.39 is 17.9 Å². The minimum Gasteiger partial charge on any atom is -0.481 e. The molecule has 0 fully saturated rings. The van der Waals surface area contributed by atoms with Gasteiger partial charge in [0.1, 0.15) is 17.5 Å². The Morgan fingerprint density at radius 1 is 0.853 bits per heavy atom. The maximum Gasteiger partial charge on any atom is 0.303 e. The second-order valence-electron chi connectivity index (χ2n) is 7.88. The first-order chi connectivity index (χ1) is 16.4. The normalized spacial score (nSPS) is 11.4. The molecule has 3 aromatic carbocycles. The molecule has 0 saturated carbocycles. The highest BCUT2D eigenvalue weighted by molar-refractivity contribution is 5.97. The van der Waals surface area contributed by atoms with Crippen LogP contribution in [-0.4, -0.2) is 40.4 Å². The van der Waals surface area contributed by atoms with Crippen LogP contribution in [0, 0.1) is 0 Å². The van der Waals surface area contributed by atoms with Crippen LogP contribution in [0.15, 0.2) is 84.9 Å². The molecule has 2 amide bonds. The van der Waals surface area contributed by atoms with Crippen molar-refractivity contribution in [2.24, 2.45) is 5.73 Å².